The van der Waals surface area contributed by atoms with Crippen LogP contribution in [0.15, 0.2) is 6.07 Å². The Morgan fingerprint density at radius 2 is 2.00 bits per heavy atom. The van der Waals surface area contributed by atoms with Gasteiger partial charge >= 0.3 is 0 Å². The summed E-state index contributed by atoms with van der Waals surface area (Å²) in [6, 6.07) is 0.782. The lowest BCUT2D eigenvalue weighted by atomic mass is 10.0. The van der Waals surface area contributed by atoms with Crippen molar-refractivity contribution in [1.82, 2.24) is 4.98 Å². The molecule has 0 spiro atoms. The van der Waals surface area contributed by atoms with E-state index in [9.17, 15) is 13.2 Å². The standard InChI is InChI=1S/C15H13F3N2O/c16-9-5-10(17)15-12(13(9)18)14(19-7-1-2-7)8-6-21-4-3-11(8)20-15/h5,7H,1-4,6H2,(H,19,20). The maximum Gasteiger partial charge on any atom is 0.170 e. The van der Waals surface area contributed by atoms with E-state index in [1.165, 1.54) is 0 Å². The molecule has 2 heterocycles. The van der Waals surface area contributed by atoms with E-state index >= 15 is 0 Å². The summed E-state index contributed by atoms with van der Waals surface area (Å²) >= 11 is 0. The van der Waals surface area contributed by atoms with Crippen molar-refractivity contribution in [3.8, 4) is 0 Å². The largest absolute Gasteiger partial charge is 0.381 e. The molecular weight excluding hydrogens is 281 g/mol. The molecule has 0 bridgehead atoms. The topological polar surface area (TPSA) is 34.2 Å². The van der Waals surface area contributed by atoms with Gasteiger partial charge in [-0.1, -0.05) is 0 Å². The van der Waals surface area contributed by atoms with Crippen LogP contribution in [0.1, 0.15) is 24.1 Å². The number of nitrogens with one attached hydrogen (secondary N) is 1. The highest BCUT2D eigenvalue weighted by molar-refractivity contribution is 5.94. The van der Waals surface area contributed by atoms with Crippen molar-refractivity contribution in [3.63, 3.8) is 0 Å². The van der Waals surface area contributed by atoms with Crippen LogP contribution in [0, 0.1) is 17.5 Å². The van der Waals surface area contributed by atoms with Gasteiger partial charge in [0, 0.05) is 24.1 Å². The van der Waals surface area contributed by atoms with Crippen molar-refractivity contribution in [2.24, 2.45) is 0 Å². The van der Waals surface area contributed by atoms with E-state index in [1.54, 1.807) is 0 Å². The minimum absolute atomic E-state index is 0.108. The van der Waals surface area contributed by atoms with Crippen LogP contribution in [-0.2, 0) is 17.8 Å². The van der Waals surface area contributed by atoms with Crippen LogP contribution in [-0.4, -0.2) is 17.6 Å². The zero-order valence-corrected chi connectivity index (χ0v) is 11.2. The molecule has 1 aliphatic carbocycles. The Balaban J connectivity index is 2.06. The number of rotatable bonds is 2. The summed E-state index contributed by atoms with van der Waals surface area (Å²) in [5.74, 6) is -3.09. The first kappa shape index (κ1) is 12.9. The van der Waals surface area contributed by atoms with Crippen molar-refractivity contribution < 1.29 is 17.9 Å². The molecule has 6 heteroatoms. The molecule has 2 aliphatic rings. The molecule has 1 fully saturated rings. The molecule has 110 valence electrons. The van der Waals surface area contributed by atoms with Gasteiger partial charge in [-0.2, -0.15) is 0 Å². The van der Waals surface area contributed by atoms with Gasteiger partial charge in [0.1, 0.15) is 5.52 Å². The van der Waals surface area contributed by atoms with Gasteiger partial charge in [-0.3, -0.25) is 0 Å². The Morgan fingerprint density at radius 1 is 1.19 bits per heavy atom. The van der Waals surface area contributed by atoms with Gasteiger partial charge in [-0.05, 0) is 12.8 Å². The second-order valence-electron chi connectivity index (χ2n) is 5.51. The quantitative estimate of drug-likeness (QED) is 0.863. The van der Waals surface area contributed by atoms with Gasteiger partial charge in [0.25, 0.3) is 0 Å². The van der Waals surface area contributed by atoms with Crippen LogP contribution in [0.3, 0.4) is 0 Å². The van der Waals surface area contributed by atoms with Crippen LogP contribution in [0.4, 0.5) is 18.9 Å². The van der Waals surface area contributed by atoms with Crippen molar-refractivity contribution in [2.45, 2.75) is 31.9 Å². The molecule has 1 saturated carbocycles. The molecule has 1 aromatic carbocycles. The molecule has 4 rings (SSSR count). The molecule has 0 saturated heterocycles. The fourth-order valence-corrected chi connectivity index (χ4v) is 2.72. The van der Waals surface area contributed by atoms with E-state index in [-0.39, 0.29) is 23.6 Å². The summed E-state index contributed by atoms with van der Waals surface area (Å²) in [5.41, 5.74) is 1.73. The minimum Gasteiger partial charge on any atom is -0.381 e. The third kappa shape index (κ3) is 2.05. The number of benzene rings is 1. The predicted octanol–water partition coefficient (Wildman–Crippen LogP) is 3.30. The van der Waals surface area contributed by atoms with Crippen LogP contribution in [0.5, 0.6) is 0 Å². The third-order valence-corrected chi connectivity index (χ3v) is 3.95. The van der Waals surface area contributed by atoms with Gasteiger partial charge < -0.3 is 10.1 Å². The molecule has 1 aromatic heterocycles. The van der Waals surface area contributed by atoms with Gasteiger partial charge in [0.2, 0.25) is 0 Å². The van der Waals surface area contributed by atoms with Gasteiger partial charge in [-0.25, -0.2) is 18.2 Å². The van der Waals surface area contributed by atoms with Gasteiger partial charge in [-0.15, -0.1) is 0 Å². The molecule has 1 aliphatic heterocycles. The number of aromatic nitrogens is 1. The van der Waals surface area contributed by atoms with Crippen LogP contribution >= 0.6 is 0 Å². The van der Waals surface area contributed by atoms with Crippen molar-refractivity contribution in [1.29, 1.82) is 0 Å². The van der Waals surface area contributed by atoms with Crippen molar-refractivity contribution in [2.75, 3.05) is 11.9 Å². The Labute approximate surface area is 119 Å². The zero-order valence-electron chi connectivity index (χ0n) is 11.2. The SMILES string of the molecule is Fc1cc(F)c2nc3c(c(NC4CC4)c2c1F)COCC3. The molecule has 0 amide bonds. The lowest BCUT2D eigenvalue weighted by Gasteiger charge is -2.22. The maximum absolute atomic E-state index is 14.2. The maximum atomic E-state index is 14.2. The first-order chi connectivity index (χ1) is 10.1. The summed E-state index contributed by atoms with van der Waals surface area (Å²) < 4.78 is 47.2. The van der Waals surface area contributed by atoms with Crippen LogP contribution < -0.4 is 5.32 Å². The van der Waals surface area contributed by atoms with Crippen molar-refractivity contribution >= 4 is 16.6 Å². The lowest BCUT2D eigenvalue weighted by molar-refractivity contribution is 0.110. The number of nitrogens with zero attached hydrogens (tertiary/aromatic N) is 1. The number of ether oxygens (including phenoxy) is 1. The monoisotopic (exact) mass is 294 g/mol. The first-order valence-electron chi connectivity index (χ1n) is 6.98. The van der Waals surface area contributed by atoms with Gasteiger partial charge in [0.05, 0.1) is 30.0 Å². The van der Waals surface area contributed by atoms with Crippen LogP contribution in [0.2, 0.25) is 0 Å². The zero-order chi connectivity index (χ0) is 14.6. The Hall–Kier alpha value is -1.82. The smallest absolute Gasteiger partial charge is 0.170 e. The number of fused-ring (bicyclic) bond motifs is 2. The molecule has 1 N–H and O–H groups in total. The average Bonchev–Trinajstić information content (AvgIpc) is 3.28. The molecule has 0 radical (unpaired) electrons. The molecule has 2 aromatic rings. The normalized spacial score (nSPS) is 17.9. The van der Waals surface area contributed by atoms with E-state index in [1.807, 2.05) is 0 Å². The second-order valence-corrected chi connectivity index (χ2v) is 5.51. The van der Waals surface area contributed by atoms with E-state index in [4.69, 9.17) is 4.74 Å². The fourth-order valence-electron chi connectivity index (χ4n) is 2.72. The third-order valence-electron chi connectivity index (χ3n) is 3.95. The molecule has 0 atom stereocenters. The van der Waals surface area contributed by atoms with E-state index in [2.05, 4.69) is 10.3 Å². The molecule has 21 heavy (non-hydrogen) atoms. The summed E-state index contributed by atoms with van der Waals surface area (Å²) in [6.07, 6.45) is 2.49. The molecule has 3 nitrogen and oxygen atoms in total. The van der Waals surface area contributed by atoms with E-state index in [0.717, 1.165) is 12.8 Å². The minimum atomic E-state index is -1.20. The summed E-state index contributed by atoms with van der Waals surface area (Å²) in [4.78, 5) is 4.20. The highest BCUT2D eigenvalue weighted by atomic mass is 19.2. The highest BCUT2D eigenvalue weighted by Gasteiger charge is 2.28. The number of pyridine rings is 1. The Kier molecular flexibility index (Phi) is 2.82. The first-order valence-corrected chi connectivity index (χ1v) is 6.98. The summed E-state index contributed by atoms with van der Waals surface area (Å²) in [5, 5.41) is 3.08. The van der Waals surface area contributed by atoms with E-state index < -0.39 is 17.5 Å². The summed E-state index contributed by atoms with van der Waals surface area (Å²) in [7, 11) is 0. The Bertz CT molecular complexity index is 744. The Morgan fingerprint density at radius 3 is 2.76 bits per heavy atom. The average molecular weight is 294 g/mol. The van der Waals surface area contributed by atoms with Gasteiger partial charge in [0.15, 0.2) is 17.5 Å². The lowest BCUT2D eigenvalue weighted by Crippen LogP contribution is -2.17. The van der Waals surface area contributed by atoms with Crippen LogP contribution in [0.25, 0.3) is 10.9 Å². The number of anilines is 1. The number of halogens is 3. The van der Waals surface area contributed by atoms with E-state index in [0.29, 0.717) is 36.0 Å². The fraction of sp³-hybridized carbons (Fsp3) is 0.400. The number of hydrogen-bond donors (Lipinski definition) is 1. The molecule has 0 unspecified atom stereocenters. The summed E-state index contributed by atoms with van der Waals surface area (Å²) in [6.45, 7) is 0.782. The predicted molar refractivity (Wildman–Crippen MR) is 71.6 cm³/mol. The second kappa shape index (κ2) is 4.59. The highest BCUT2D eigenvalue weighted by Crippen LogP contribution is 2.38. The number of hydrogen-bond acceptors (Lipinski definition) is 3. The van der Waals surface area contributed by atoms with Crippen molar-refractivity contribution in [3.05, 3.63) is 34.8 Å². The molecular formula is C15H13F3N2O.